The van der Waals surface area contributed by atoms with Crippen LogP contribution in [-0.4, -0.2) is 26.5 Å². The molecule has 0 saturated heterocycles. The van der Waals surface area contributed by atoms with Crippen LogP contribution < -0.4 is 0 Å². The lowest BCUT2D eigenvalue weighted by atomic mass is 10.3. The Morgan fingerprint density at radius 3 is 2.90 bits per heavy atom. The first-order valence-corrected chi connectivity index (χ1v) is 2.89. The van der Waals surface area contributed by atoms with Crippen LogP contribution in [0.3, 0.4) is 0 Å². The van der Waals surface area contributed by atoms with Crippen LogP contribution in [0.2, 0.25) is 0 Å². The maximum Gasteiger partial charge on any atom is 0.358 e. The smallest absolute Gasteiger partial charge is 0.358 e. The topological polar surface area (TPSA) is 78.9 Å². The molecule has 0 spiro atoms. The summed E-state index contributed by atoms with van der Waals surface area (Å²) in [4.78, 5) is 10.3. The second-order valence-corrected chi connectivity index (χ2v) is 1.80. The van der Waals surface area contributed by atoms with E-state index in [0.29, 0.717) is 12.1 Å². The largest absolute Gasteiger partial charge is 0.476 e. The molecule has 5 heteroatoms. The van der Waals surface area contributed by atoms with Gasteiger partial charge in [-0.3, -0.25) is 5.10 Å². The fraction of sp³-hybridized carbons (Fsp3) is 0.400. The molecule has 0 bridgehead atoms. The summed E-state index contributed by atoms with van der Waals surface area (Å²) in [6.45, 7) is 1.83. The van der Waals surface area contributed by atoms with Crippen molar-refractivity contribution in [2.24, 2.45) is 0 Å². The second kappa shape index (κ2) is 2.47. The van der Waals surface area contributed by atoms with Crippen molar-refractivity contribution in [2.45, 2.75) is 13.3 Å². The Hall–Kier alpha value is -1.39. The van der Waals surface area contributed by atoms with Crippen LogP contribution in [0, 0.1) is 0 Å². The SMILES string of the molecule is CCc1[nH]nnc1C(=O)O. The summed E-state index contributed by atoms with van der Waals surface area (Å²) in [6.07, 6.45) is 0.606. The summed E-state index contributed by atoms with van der Waals surface area (Å²) in [7, 11) is 0. The Bertz CT molecular complexity index is 243. The second-order valence-electron chi connectivity index (χ2n) is 1.80. The molecule has 10 heavy (non-hydrogen) atoms. The third-order valence-electron chi connectivity index (χ3n) is 1.18. The molecule has 1 heterocycles. The molecule has 1 aromatic heterocycles. The highest BCUT2D eigenvalue weighted by Crippen LogP contribution is 1.99. The molecule has 0 amide bonds. The molecule has 1 aromatic rings. The molecule has 0 fully saturated rings. The minimum atomic E-state index is -1.04. The number of rotatable bonds is 2. The molecule has 54 valence electrons. The molecule has 1 rings (SSSR count). The quantitative estimate of drug-likeness (QED) is 0.610. The lowest BCUT2D eigenvalue weighted by molar-refractivity contribution is 0.0689. The number of aromatic carboxylic acids is 1. The number of carboxylic acid groups (broad SMARTS) is 1. The van der Waals surface area contributed by atoms with Crippen LogP contribution in [0.15, 0.2) is 0 Å². The van der Waals surface area contributed by atoms with Gasteiger partial charge < -0.3 is 5.11 Å². The Kier molecular flexibility index (Phi) is 1.66. The summed E-state index contributed by atoms with van der Waals surface area (Å²) >= 11 is 0. The van der Waals surface area contributed by atoms with Crippen molar-refractivity contribution in [1.82, 2.24) is 15.4 Å². The van der Waals surface area contributed by atoms with E-state index in [1.807, 2.05) is 6.92 Å². The highest BCUT2D eigenvalue weighted by Gasteiger charge is 2.11. The van der Waals surface area contributed by atoms with Gasteiger partial charge in [0.2, 0.25) is 0 Å². The first-order chi connectivity index (χ1) is 4.75. The predicted molar refractivity (Wildman–Crippen MR) is 32.7 cm³/mol. The molecule has 0 aliphatic heterocycles. The number of aryl methyl sites for hydroxylation is 1. The van der Waals surface area contributed by atoms with Gasteiger partial charge in [-0.1, -0.05) is 12.1 Å². The molecule has 0 atom stereocenters. The van der Waals surface area contributed by atoms with Gasteiger partial charge in [-0.15, -0.1) is 5.10 Å². The summed E-state index contributed by atoms with van der Waals surface area (Å²) in [6, 6.07) is 0. The average Bonchev–Trinajstić information content (AvgIpc) is 2.33. The Balaban J connectivity index is 3.01. The fourth-order valence-electron chi connectivity index (χ4n) is 0.667. The minimum Gasteiger partial charge on any atom is -0.476 e. The van der Waals surface area contributed by atoms with Crippen molar-refractivity contribution >= 4 is 5.97 Å². The summed E-state index contributed by atoms with van der Waals surface area (Å²) < 4.78 is 0. The zero-order valence-corrected chi connectivity index (χ0v) is 5.46. The maximum atomic E-state index is 10.3. The number of hydrogen-bond donors (Lipinski definition) is 2. The first-order valence-electron chi connectivity index (χ1n) is 2.89. The normalized spacial score (nSPS) is 9.70. The summed E-state index contributed by atoms with van der Waals surface area (Å²) in [5.41, 5.74) is 0.579. The summed E-state index contributed by atoms with van der Waals surface area (Å²) in [5.74, 6) is -1.04. The van der Waals surface area contributed by atoms with Gasteiger partial charge in [0.25, 0.3) is 0 Å². The number of carboxylic acids is 1. The number of hydrogen-bond acceptors (Lipinski definition) is 3. The fourth-order valence-corrected chi connectivity index (χ4v) is 0.667. The van der Waals surface area contributed by atoms with E-state index in [-0.39, 0.29) is 5.69 Å². The molecular weight excluding hydrogens is 134 g/mol. The van der Waals surface area contributed by atoms with Crippen molar-refractivity contribution in [1.29, 1.82) is 0 Å². The number of aromatic nitrogens is 3. The van der Waals surface area contributed by atoms with Gasteiger partial charge in [-0.2, -0.15) is 0 Å². The van der Waals surface area contributed by atoms with Crippen LogP contribution in [-0.2, 0) is 6.42 Å². The van der Waals surface area contributed by atoms with Crippen LogP contribution in [0.25, 0.3) is 0 Å². The summed E-state index contributed by atoms with van der Waals surface area (Å²) in [5, 5.41) is 17.7. The van der Waals surface area contributed by atoms with Gasteiger partial charge >= 0.3 is 5.97 Å². The zero-order chi connectivity index (χ0) is 7.56. The third-order valence-corrected chi connectivity index (χ3v) is 1.18. The molecule has 0 aliphatic carbocycles. The molecule has 0 aromatic carbocycles. The van der Waals surface area contributed by atoms with E-state index in [1.165, 1.54) is 0 Å². The lowest BCUT2D eigenvalue weighted by Gasteiger charge is -1.88. The van der Waals surface area contributed by atoms with E-state index in [4.69, 9.17) is 5.11 Å². The Morgan fingerprint density at radius 1 is 1.80 bits per heavy atom. The van der Waals surface area contributed by atoms with Gasteiger partial charge in [0, 0.05) is 0 Å². The van der Waals surface area contributed by atoms with E-state index in [1.54, 1.807) is 0 Å². The van der Waals surface area contributed by atoms with Crippen LogP contribution in [0.1, 0.15) is 23.1 Å². The lowest BCUT2D eigenvalue weighted by Crippen LogP contribution is -2.00. The number of carbonyl (C=O) groups is 1. The minimum absolute atomic E-state index is 0.0162. The number of aromatic amines is 1. The third kappa shape index (κ3) is 0.975. The van der Waals surface area contributed by atoms with Crippen molar-refractivity contribution in [3.8, 4) is 0 Å². The molecule has 5 nitrogen and oxygen atoms in total. The van der Waals surface area contributed by atoms with Gasteiger partial charge in [0.05, 0.1) is 5.69 Å². The van der Waals surface area contributed by atoms with Crippen molar-refractivity contribution in [3.05, 3.63) is 11.4 Å². The Labute approximate surface area is 57.1 Å². The Morgan fingerprint density at radius 2 is 2.50 bits per heavy atom. The molecule has 0 unspecified atom stereocenters. The van der Waals surface area contributed by atoms with Crippen molar-refractivity contribution in [2.75, 3.05) is 0 Å². The maximum absolute atomic E-state index is 10.3. The molecular formula is C5H7N3O2. The highest BCUT2D eigenvalue weighted by molar-refractivity contribution is 5.86. The first kappa shape index (κ1) is 6.73. The number of H-pyrrole nitrogens is 1. The van der Waals surface area contributed by atoms with Crippen LogP contribution in [0.5, 0.6) is 0 Å². The number of nitrogens with one attached hydrogen (secondary N) is 1. The standard InChI is InChI=1S/C5H7N3O2/c1-2-3-4(5(9)10)7-8-6-3/h2H2,1H3,(H,9,10)(H,6,7,8). The van der Waals surface area contributed by atoms with Crippen molar-refractivity contribution in [3.63, 3.8) is 0 Å². The van der Waals surface area contributed by atoms with Gasteiger partial charge in [-0.05, 0) is 6.42 Å². The molecule has 2 N–H and O–H groups in total. The van der Waals surface area contributed by atoms with Gasteiger partial charge in [-0.25, -0.2) is 4.79 Å². The van der Waals surface area contributed by atoms with Gasteiger partial charge in [0.15, 0.2) is 5.69 Å². The van der Waals surface area contributed by atoms with E-state index in [2.05, 4.69) is 15.4 Å². The van der Waals surface area contributed by atoms with Crippen LogP contribution >= 0.6 is 0 Å². The molecule has 0 radical (unpaired) electrons. The molecule has 0 aliphatic rings. The average molecular weight is 141 g/mol. The zero-order valence-electron chi connectivity index (χ0n) is 5.46. The highest BCUT2D eigenvalue weighted by atomic mass is 16.4. The van der Waals surface area contributed by atoms with E-state index < -0.39 is 5.97 Å². The van der Waals surface area contributed by atoms with Crippen molar-refractivity contribution < 1.29 is 9.90 Å². The molecule has 0 saturated carbocycles. The predicted octanol–water partition coefficient (Wildman–Crippen LogP) is 0.0653. The van der Waals surface area contributed by atoms with E-state index >= 15 is 0 Å². The van der Waals surface area contributed by atoms with Gasteiger partial charge in [0.1, 0.15) is 0 Å². The van der Waals surface area contributed by atoms with E-state index in [0.717, 1.165) is 0 Å². The number of nitrogens with zero attached hydrogens (tertiary/aromatic N) is 2. The monoisotopic (exact) mass is 141 g/mol. The van der Waals surface area contributed by atoms with E-state index in [9.17, 15) is 4.79 Å². The van der Waals surface area contributed by atoms with Crippen LogP contribution in [0.4, 0.5) is 0 Å².